The van der Waals surface area contributed by atoms with Crippen LogP contribution >= 0.6 is 0 Å². The lowest BCUT2D eigenvalue weighted by Gasteiger charge is -2.13. The number of ether oxygens (including phenoxy) is 1. The highest BCUT2D eigenvalue weighted by Gasteiger charge is 2.30. The van der Waals surface area contributed by atoms with Gasteiger partial charge in [-0.15, -0.1) is 0 Å². The highest BCUT2D eigenvalue weighted by molar-refractivity contribution is 5.97. The van der Waals surface area contributed by atoms with Crippen molar-refractivity contribution in [2.75, 3.05) is 5.32 Å². The molecule has 0 fully saturated rings. The zero-order valence-electron chi connectivity index (χ0n) is 16.6. The Hall–Kier alpha value is -4.08. The number of esters is 1. The van der Waals surface area contributed by atoms with E-state index < -0.39 is 35.6 Å². The SMILES string of the molecule is C[C@@H](OC(=O)c1ccc(-c2cccc(C(F)(F)F)c2)o1)C(=O)Nc1ccc(C(N)=O)cc1. The summed E-state index contributed by atoms with van der Waals surface area (Å²) in [5, 5.41) is 2.51. The van der Waals surface area contributed by atoms with E-state index in [2.05, 4.69) is 5.32 Å². The molecular formula is C22H17F3N2O5. The van der Waals surface area contributed by atoms with Gasteiger partial charge in [0.15, 0.2) is 6.10 Å². The number of alkyl halides is 3. The predicted octanol–water partition coefficient (Wildman–Crippen LogP) is 4.25. The maximum atomic E-state index is 12.9. The second kappa shape index (κ2) is 8.96. The van der Waals surface area contributed by atoms with Gasteiger partial charge in [0, 0.05) is 16.8 Å². The van der Waals surface area contributed by atoms with E-state index >= 15 is 0 Å². The van der Waals surface area contributed by atoms with Crippen molar-refractivity contribution in [2.24, 2.45) is 5.73 Å². The minimum Gasteiger partial charge on any atom is -0.449 e. The first-order valence-electron chi connectivity index (χ1n) is 9.24. The van der Waals surface area contributed by atoms with Gasteiger partial charge in [0.2, 0.25) is 11.7 Å². The molecule has 3 aromatic rings. The van der Waals surface area contributed by atoms with E-state index in [1.54, 1.807) is 0 Å². The summed E-state index contributed by atoms with van der Waals surface area (Å²) in [4.78, 5) is 35.6. The first-order chi connectivity index (χ1) is 15.0. The van der Waals surface area contributed by atoms with Crippen molar-refractivity contribution in [3.8, 4) is 11.3 Å². The molecule has 3 N–H and O–H groups in total. The highest BCUT2D eigenvalue weighted by atomic mass is 19.4. The standard InChI is InChI=1S/C22H17F3N2O5/c1-12(20(29)27-16-7-5-13(6-8-16)19(26)28)31-21(30)18-10-9-17(32-18)14-3-2-4-15(11-14)22(23,24)25/h2-12H,1H3,(H2,26,28)(H,27,29)/t12-/m1/s1. The Morgan fingerprint density at radius 3 is 2.34 bits per heavy atom. The summed E-state index contributed by atoms with van der Waals surface area (Å²) in [5.74, 6) is -2.46. The largest absolute Gasteiger partial charge is 0.449 e. The number of hydrogen-bond acceptors (Lipinski definition) is 5. The van der Waals surface area contributed by atoms with E-state index in [1.807, 2.05) is 0 Å². The number of nitrogens with two attached hydrogens (primary N) is 1. The molecule has 32 heavy (non-hydrogen) atoms. The van der Waals surface area contributed by atoms with E-state index in [0.717, 1.165) is 12.1 Å². The Morgan fingerprint density at radius 1 is 1.03 bits per heavy atom. The van der Waals surface area contributed by atoms with Gasteiger partial charge in [-0.05, 0) is 55.5 Å². The topological polar surface area (TPSA) is 112 Å². The molecule has 0 aliphatic heterocycles. The second-order valence-electron chi connectivity index (χ2n) is 6.72. The van der Waals surface area contributed by atoms with Crippen molar-refractivity contribution in [2.45, 2.75) is 19.2 Å². The molecule has 10 heteroatoms. The molecule has 3 rings (SSSR count). The molecule has 0 aliphatic carbocycles. The molecule has 2 amide bonds. The fraction of sp³-hybridized carbons (Fsp3) is 0.136. The van der Waals surface area contributed by atoms with Gasteiger partial charge in [0.1, 0.15) is 5.76 Å². The first kappa shape index (κ1) is 22.6. The number of nitrogens with one attached hydrogen (secondary N) is 1. The number of anilines is 1. The highest BCUT2D eigenvalue weighted by Crippen LogP contribution is 2.32. The number of benzene rings is 2. The molecule has 0 saturated heterocycles. The summed E-state index contributed by atoms with van der Waals surface area (Å²) < 4.78 is 49.0. The number of carbonyl (C=O) groups excluding carboxylic acids is 3. The lowest BCUT2D eigenvalue weighted by molar-refractivity contribution is -0.137. The van der Waals surface area contributed by atoms with Gasteiger partial charge in [0.25, 0.3) is 5.91 Å². The van der Waals surface area contributed by atoms with Crippen LogP contribution in [0.25, 0.3) is 11.3 Å². The van der Waals surface area contributed by atoms with Gasteiger partial charge < -0.3 is 20.2 Å². The fourth-order valence-electron chi connectivity index (χ4n) is 2.69. The summed E-state index contributed by atoms with van der Waals surface area (Å²) in [6.45, 7) is 1.33. The number of halogens is 3. The monoisotopic (exact) mass is 446 g/mol. The van der Waals surface area contributed by atoms with E-state index in [0.29, 0.717) is 5.69 Å². The van der Waals surface area contributed by atoms with Gasteiger partial charge >= 0.3 is 12.1 Å². The van der Waals surface area contributed by atoms with E-state index in [4.69, 9.17) is 14.9 Å². The molecule has 0 unspecified atom stereocenters. The maximum absolute atomic E-state index is 12.9. The molecule has 166 valence electrons. The predicted molar refractivity (Wildman–Crippen MR) is 108 cm³/mol. The summed E-state index contributed by atoms with van der Waals surface area (Å²) in [6, 6.07) is 12.8. The molecule has 0 spiro atoms. The van der Waals surface area contributed by atoms with Crippen LogP contribution < -0.4 is 11.1 Å². The lowest BCUT2D eigenvalue weighted by Crippen LogP contribution is -2.29. The molecule has 0 radical (unpaired) electrons. The molecule has 7 nitrogen and oxygen atoms in total. The first-order valence-corrected chi connectivity index (χ1v) is 9.24. The average molecular weight is 446 g/mol. The lowest BCUT2D eigenvalue weighted by atomic mass is 10.1. The van der Waals surface area contributed by atoms with Crippen LogP contribution in [-0.2, 0) is 15.7 Å². The third-order valence-electron chi connectivity index (χ3n) is 4.37. The zero-order valence-corrected chi connectivity index (χ0v) is 16.6. The molecule has 1 atom stereocenters. The van der Waals surface area contributed by atoms with Crippen LogP contribution in [0.2, 0.25) is 0 Å². The zero-order chi connectivity index (χ0) is 23.5. The van der Waals surface area contributed by atoms with E-state index in [9.17, 15) is 27.6 Å². The average Bonchev–Trinajstić information content (AvgIpc) is 3.24. The molecule has 1 aromatic heterocycles. The van der Waals surface area contributed by atoms with Gasteiger partial charge in [-0.3, -0.25) is 9.59 Å². The maximum Gasteiger partial charge on any atom is 0.416 e. The molecule has 1 heterocycles. The minimum absolute atomic E-state index is 0.0368. The van der Waals surface area contributed by atoms with Crippen LogP contribution in [0.1, 0.15) is 33.4 Å². The third kappa shape index (κ3) is 5.34. The summed E-state index contributed by atoms with van der Waals surface area (Å²) in [6.07, 6.45) is -5.73. The van der Waals surface area contributed by atoms with Crippen molar-refractivity contribution in [3.63, 3.8) is 0 Å². The van der Waals surface area contributed by atoms with Crippen LogP contribution in [0.4, 0.5) is 18.9 Å². The number of primary amides is 1. The van der Waals surface area contributed by atoms with Gasteiger partial charge in [0.05, 0.1) is 5.56 Å². The fourth-order valence-corrected chi connectivity index (χ4v) is 2.69. The Morgan fingerprint density at radius 2 is 1.72 bits per heavy atom. The second-order valence-corrected chi connectivity index (χ2v) is 6.72. The van der Waals surface area contributed by atoms with Crippen molar-refractivity contribution >= 4 is 23.5 Å². The Balaban J connectivity index is 1.64. The van der Waals surface area contributed by atoms with Crippen molar-refractivity contribution in [1.82, 2.24) is 0 Å². The number of rotatable bonds is 6. The molecule has 2 aromatic carbocycles. The number of carbonyl (C=O) groups is 3. The Labute approximate surface area is 180 Å². The van der Waals surface area contributed by atoms with E-state index in [1.165, 1.54) is 55.5 Å². The molecule has 0 saturated carbocycles. The van der Waals surface area contributed by atoms with Crippen molar-refractivity contribution in [1.29, 1.82) is 0 Å². The van der Waals surface area contributed by atoms with Crippen molar-refractivity contribution < 1.29 is 36.7 Å². The van der Waals surface area contributed by atoms with Crippen molar-refractivity contribution in [3.05, 3.63) is 77.6 Å². The van der Waals surface area contributed by atoms with E-state index in [-0.39, 0.29) is 22.6 Å². The summed E-state index contributed by atoms with van der Waals surface area (Å²) in [5.41, 5.74) is 5.03. The van der Waals surface area contributed by atoms with Gasteiger partial charge in [-0.1, -0.05) is 12.1 Å². The van der Waals surface area contributed by atoms with Crippen LogP contribution in [0.5, 0.6) is 0 Å². The quantitative estimate of drug-likeness (QED) is 0.550. The summed E-state index contributed by atoms with van der Waals surface area (Å²) in [7, 11) is 0. The normalized spacial score (nSPS) is 12.1. The van der Waals surface area contributed by atoms with Gasteiger partial charge in [-0.25, -0.2) is 4.79 Å². The number of furan rings is 1. The van der Waals surface area contributed by atoms with Gasteiger partial charge in [-0.2, -0.15) is 13.2 Å². The number of amides is 2. The Bertz CT molecular complexity index is 1150. The van der Waals surface area contributed by atoms with Crippen LogP contribution in [0.3, 0.4) is 0 Å². The smallest absolute Gasteiger partial charge is 0.416 e. The Kier molecular flexibility index (Phi) is 6.33. The third-order valence-corrected chi connectivity index (χ3v) is 4.37. The molecule has 0 bridgehead atoms. The minimum atomic E-state index is -4.52. The van der Waals surface area contributed by atoms with Crippen LogP contribution in [0, 0.1) is 0 Å². The molecular weight excluding hydrogens is 429 g/mol. The van der Waals surface area contributed by atoms with Crippen LogP contribution in [0.15, 0.2) is 65.1 Å². The van der Waals surface area contributed by atoms with Crippen LogP contribution in [-0.4, -0.2) is 23.9 Å². The molecule has 0 aliphatic rings. The summed E-state index contributed by atoms with van der Waals surface area (Å²) >= 11 is 0. The number of hydrogen-bond donors (Lipinski definition) is 2.